The molecule has 0 spiro atoms. The molecule has 1 aromatic carbocycles. The Kier molecular flexibility index (Phi) is 3.23. The second-order valence-electron chi connectivity index (χ2n) is 3.07. The summed E-state index contributed by atoms with van der Waals surface area (Å²) in [7, 11) is 7.24. The minimum atomic E-state index is 0.160. The van der Waals surface area contributed by atoms with E-state index in [4.69, 9.17) is 17.3 Å². The molecule has 0 aliphatic carbocycles. The average Bonchev–Trinajstić information content (AvgIpc) is 2.07. The van der Waals surface area contributed by atoms with Gasteiger partial charge in [-0.05, 0) is 19.9 Å². The molecule has 0 N–H and O–H groups in total. The van der Waals surface area contributed by atoms with Gasteiger partial charge in [-0.3, -0.25) is 0 Å². The second kappa shape index (κ2) is 4.22. The Bertz CT molecular complexity index is 284. The number of methoxy groups -OCH3 is 1. The summed E-state index contributed by atoms with van der Waals surface area (Å²) in [5, 5.41) is 0. The molecule has 68 valence electrons. The molecule has 0 fully saturated rings. The van der Waals surface area contributed by atoms with Crippen LogP contribution in [0.25, 0.3) is 0 Å². The summed E-state index contributed by atoms with van der Waals surface area (Å²) in [6.45, 7) is 3.95. The van der Waals surface area contributed by atoms with E-state index >= 15 is 0 Å². The molecule has 1 aromatic rings. The van der Waals surface area contributed by atoms with E-state index in [2.05, 4.69) is 0 Å². The number of hydrogen-bond donors (Lipinski definition) is 0. The van der Waals surface area contributed by atoms with Gasteiger partial charge in [-0.2, -0.15) is 0 Å². The van der Waals surface area contributed by atoms with Crippen molar-refractivity contribution in [3.05, 3.63) is 18.2 Å². The van der Waals surface area contributed by atoms with E-state index in [9.17, 15) is 0 Å². The van der Waals surface area contributed by atoms with Crippen molar-refractivity contribution in [3.8, 4) is 11.5 Å². The van der Waals surface area contributed by atoms with Gasteiger partial charge in [0.05, 0.1) is 13.2 Å². The van der Waals surface area contributed by atoms with Crippen LogP contribution in [0.15, 0.2) is 18.2 Å². The molecule has 0 aromatic heterocycles. The molecule has 0 bridgehead atoms. The van der Waals surface area contributed by atoms with Crippen molar-refractivity contribution in [3.63, 3.8) is 0 Å². The van der Waals surface area contributed by atoms with Crippen LogP contribution in [0.4, 0.5) is 0 Å². The minimum Gasteiger partial charge on any atom is -0.497 e. The van der Waals surface area contributed by atoms with Gasteiger partial charge in [0.2, 0.25) is 0 Å². The predicted octanol–water partition coefficient (Wildman–Crippen LogP) is 1.28. The van der Waals surface area contributed by atoms with Gasteiger partial charge < -0.3 is 9.47 Å². The maximum Gasteiger partial charge on any atom is 0.123 e. The van der Waals surface area contributed by atoms with E-state index in [1.54, 1.807) is 19.2 Å². The van der Waals surface area contributed by atoms with Gasteiger partial charge in [0.1, 0.15) is 19.3 Å². The molecule has 1 rings (SSSR count). The van der Waals surface area contributed by atoms with Crippen LogP contribution >= 0.6 is 0 Å². The topological polar surface area (TPSA) is 18.5 Å². The van der Waals surface area contributed by atoms with Crippen LogP contribution in [0.5, 0.6) is 11.5 Å². The smallest absolute Gasteiger partial charge is 0.123 e. The number of rotatable bonds is 3. The predicted molar refractivity (Wildman–Crippen MR) is 54.1 cm³/mol. The lowest BCUT2D eigenvalue weighted by Crippen LogP contribution is -2.10. The molecule has 0 heterocycles. The molecule has 0 aliphatic rings. The first-order valence-corrected chi connectivity index (χ1v) is 4.23. The van der Waals surface area contributed by atoms with Crippen molar-refractivity contribution in [1.29, 1.82) is 0 Å². The van der Waals surface area contributed by atoms with Crippen LogP contribution in [0.1, 0.15) is 13.8 Å². The Morgan fingerprint density at radius 1 is 1.31 bits per heavy atom. The van der Waals surface area contributed by atoms with Crippen LogP contribution in [-0.2, 0) is 0 Å². The second-order valence-corrected chi connectivity index (χ2v) is 3.07. The highest BCUT2D eigenvalue weighted by Crippen LogP contribution is 2.17. The molecule has 0 saturated carbocycles. The van der Waals surface area contributed by atoms with Gasteiger partial charge in [-0.15, -0.1) is 0 Å². The Hall–Kier alpha value is -1.12. The highest BCUT2D eigenvalue weighted by molar-refractivity contribution is 6.34. The zero-order valence-electron chi connectivity index (χ0n) is 8.20. The standard InChI is InChI=1S/C10H13BO2/c1-7(2)13-8-4-5-9(11)10(6-8)12-3/h4-7H,1-3H3. The van der Waals surface area contributed by atoms with Crippen LogP contribution < -0.4 is 14.9 Å². The summed E-state index contributed by atoms with van der Waals surface area (Å²) in [4.78, 5) is 0. The zero-order valence-corrected chi connectivity index (χ0v) is 8.20. The Morgan fingerprint density at radius 2 is 2.00 bits per heavy atom. The summed E-state index contributed by atoms with van der Waals surface area (Å²) in [5.74, 6) is 1.43. The van der Waals surface area contributed by atoms with Crippen LogP contribution in [0.2, 0.25) is 0 Å². The van der Waals surface area contributed by atoms with Crippen molar-refractivity contribution in [1.82, 2.24) is 0 Å². The van der Waals surface area contributed by atoms with Gasteiger partial charge in [0.15, 0.2) is 0 Å². The Labute approximate surface area is 80.3 Å². The third kappa shape index (κ3) is 2.69. The first-order chi connectivity index (χ1) is 6.13. The highest BCUT2D eigenvalue weighted by atomic mass is 16.5. The zero-order chi connectivity index (χ0) is 9.84. The number of benzene rings is 1. The van der Waals surface area contributed by atoms with Gasteiger partial charge in [-0.1, -0.05) is 11.5 Å². The Balaban J connectivity index is 2.86. The maximum absolute atomic E-state index is 5.65. The van der Waals surface area contributed by atoms with E-state index in [-0.39, 0.29) is 6.10 Å². The van der Waals surface area contributed by atoms with E-state index < -0.39 is 0 Å². The van der Waals surface area contributed by atoms with Crippen molar-refractivity contribution in [2.75, 3.05) is 7.11 Å². The lowest BCUT2D eigenvalue weighted by Gasteiger charge is -2.12. The van der Waals surface area contributed by atoms with E-state index in [0.29, 0.717) is 11.2 Å². The normalized spacial score (nSPS) is 10.2. The third-order valence-corrected chi connectivity index (χ3v) is 1.58. The fourth-order valence-electron chi connectivity index (χ4n) is 1.04. The molecule has 2 nitrogen and oxygen atoms in total. The van der Waals surface area contributed by atoms with Gasteiger partial charge in [0.25, 0.3) is 0 Å². The van der Waals surface area contributed by atoms with E-state index in [0.717, 1.165) is 5.75 Å². The minimum absolute atomic E-state index is 0.160. The van der Waals surface area contributed by atoms with Crippen LogP contribution in [0.3, 0.4) is 0 Å². The fraction of sp³-hybridized carbons (Fsp3) is 0.400. The molecule has 0 atom stereocenters. The summed E-state index contributed by atoms with van der Waals surface area (Å²) >= 11 is 0. The van der Waals surface area contributed by atoms with Crippen molar-refractivity contribution in [2.45, 2.75) is 20.0 Å². The van der Waals surface area contributed by atoms with Gasteiger partial charge in [0, 0.05) is 6.07 Å². The molecular formula is C10H13BO2. The van der Waals surface area contributed by atoms with Crippen molar-refractivity contribution < 1.29 is 9.47 Å². The lowest BCUT2D eigenvalue weighted by atomic mass is 9.95. The van der Waals surface area contributed by atoms with Gasteiger partial charge in [-0.25, -0.2) is 0 Å². The molecule has 0 aliphatic heterocycles. The van der Waals surface area contributed by atoms with E-state index in [1.165, 1.54) is 0 Å². The van der Waals surface area contributed by atoms with E-state index in [1.807, 2.05) is 19.9 Å². The van der Waals surface area contributed by atoms with Crippen molar-refractivity contribution >= 4 is 13.3 Å². The highest BCUT2D eigenvalue weighted by Gasteiger charge is 2.01. The monoisotopic (exact) mass is 176 g/mol. The van der Waals surface area contributed by atoms with Crippen LogP contribution in [0, 0.1) is 0 Å². The SMILES string of the molecule is [B]c1ccc(OC(C)C)cc1OC. The summed E-state index contributed by atoms with van der Waals surface area (Å²) in [6, 6.07) is 5.39. The largest absolute Gasteiger partial charge is 0.497 e. The summed E-state index contributed by atoms with van der Waals surface area (Å²) < 4.78 is 10.5. The molecule has 2 radical (unpaired) electrons. The fourth-order valence-corrected chi connectivity index (χ4v) is 1.04. The maximum atomic E-state index is 5.65. The average molecular weight is 176 g/mol. The molecule has 13 heavy (non-hydrogen) atoms. The number of ether oxygens (including phenoxy) is 2. The quantitative estimate of drug-likeness (QED) is 0.645. The number of hydrogen-bond acceptors (Lipinski definition) is 2. The molecule has 3 heteroatoms. The van der Waals surface area contributed by atoms with Gasteiger partial charge >= 0.3 is 0 Å². The molecule has 0 saturated heterocycles. The summed E-state index contributed by atoms with van der Waals surface area (Å²) in [5.41, 5.74) is 0.624. The third-order valence-electron chi connectivity index (χ3n) is 1.58. The first kappa shape index (κ1) is 9.97. The Morgan fingerprint density at radius 3 is 2.54 bits per heavy atom. The molecule has 0 amide bonds. The summed E-state index contributed by atoms with van der Waals surface area (Å²) in [6.07, 6.45) is 0.160. The lowest BCUT2D eigenvalue weighted by molar-refractivity contribution is 0.241. The van der Waals surface area contributed by atoms with Crippen LogP contribution in [-0.4, -0.2) is 21.1 Å². The first-order valence-electron chi connectivity index (χ1n) is 4.23. The molecular weight excluding hydrogens is 163 g/mol. The molecule has 0 unspecified atom stereocenters. The van der Waals surface area contributed by atoms with Crippen molar-refractivity contribution in [2.24, 2.45) is 0 Å².